The van der Waals surface area contributed by atoms with Crippen LogP contribution in [0.4, 0.5) is 0 Å². The third-order valence-electron chi connectivity index (χ3n) is 4.72. The van der Waals surface area contributed by atoms with Crippen molar-refractivity contribution in [3.8, 4) is 0 Å². The van der Waals surface area contributed by atoms with Gasteiger partial charge in [-0.3, -0.25) is 0 Å². The average molecular weight is 472 g/mol. The fourth-order valence-corrected chi connectivity index (χ4v) is 6.68. The summed E-state index contributed by atoms with van der Waals surface area (Å²) in [6.45, 7) is 7.20. The number of rotatable bonds is 5. The average Bonchev–Trinajstić information content (AvgIpc) is 2.92. The second kappa shape index (κ2) is 6.69. The van der Waals surface area contributed by atoms with Crippen LogP contribution in [-0.4, -0.2) is 25.5 Å². The van der Waals surface area contributed by atoms with Gasteiger partial charge in [0.2, 0.25) is 0 Å². The molecular weight excluding hydrogens is 450 g/mol. The SMILES string of the molecule is CC(C)(C)OC(=O)C1(NS(=O)(=O)c2ccc(Br)s2)CC1(C)c1ccccc1. The fourth-order valence-electron chi connectivity index (χ4n) is 3.22. The molecule has 3 rings (SSSR count). The Balaban J connectivity index is 2.01. The molecular formula is C19H22BrNO4S2. The Bertz CT molecular complexity index is 965. The highest BCUT2D eigenvalue weighted by Gasteiger charge is 2.73. The smallest absolute Gasteiger partial charge is 0.328 e. The lowest BCUT2D eigenvalue weighted by atomic mass is 9.93. The molecule has 2 unspecified atom stereocenters. The van der Waals surface area contributed by atoms with Crippen LogP contribution in [0.15, 0.2) is 50.5 Å². The van der Waals surface area contributed by atoms with Gasteiger partial charge in [0.05, 0.1) is 3.79 Å². The van der Waals surface area contributed by atoms with Gasteiger partial charge in [-0.15, -0.1) is 11.3 Å². The van der Waals surface area contributed by atoms with Gasteiger partial charge in [-0.1, -0.05) is 37.3 Å². The minimum absolute atomic E-state index is 0.152. The highest BCUT2D eigenvalue weighted by molar-refractivity contribution is 9.11. The second-order valence-electron chi connectivity index (χ2n) is 7.95. The van der Waals surface area contributed by atoms with Gasteiger partial charge in [0, 0.05) is 5.41 Å². The number of carbonyl (C=O) groups excluding carboxylic acids is 1. The number of benzene rings is 1. The Morgan fingerprint density at radius 1 is 1.19 bits per heavy atom. The van der Waals surface area contributed by atoms with E-state index in [1.54, 1.807) is 26.8 Å². The lowest BCUT2D eigenvalue weighted by Gasteiger charge is -2.27. The third kappa shape index (κ3) is 3.85. The summed E-state index contributed by atoms with van der Waals surface area (Å²) < 4.78 is 35.0. The summed E-state index contributed by atoms with van der Waals surface area (Å²) in [7, 11) is -3.88. The number of nitrogens with one attached hydrogen (secondary N) is 1. The van der Waals surface area contributed by atoms with E-state index < -0.39 is 32.5 Å². The first-order valence-corrected chi connectivity index (χ1v) is 11.6. The molecule has 2 atom stereocenters. The number of carbonyl (C=O) groups is 1. The van der Waals surface area contributed by atoms with Crippen LogP contribution in [0.25, 0.3) is 0 Å². The van der Waals surface area contributed by atoms with Gasteiger partial charge >= 0.3 is 5.97 Å². The number of thiophene rings is 1. The van der Waals surface area contributed by atoms with Crippen molar-refractivity contribution in [3.63, 3.8) is 0 Å². The molecule has 0 saturated heterocycles. The van der Waals surface area contributed by atoms with E-state index in [1.807, 2.05) is 37.3 Å². The van der Waals surface area contributed by atoms with Crippen LogP contribution in [0.2, 0.25) is 0 Å². The molecule has 1 heterocycles. The fraction of sp³-hybridized carbons (Fsp3) is 0.421. The molecule has 0 radical (unpaired) electrons. The summed E-state index contributed by atoms with van der Waals surface area (Å²) in [5.74, 6) is -0.555. The maximum absolute atomic E-state index is 13.1. The predicted molar refractivity (Wildman–Crippen MR) is 109 cm³/mol. The van der Waals surface area contributed by atoms with Crippen LogP contribution in [0, 0.1) is 0 Å². The van der Waals surface area contributed by atoms with E-state index in [9.17, 15) is 13.2 Å². The van der Waals surface area contributed by atoms with Crippen molar-refractivity contribution in [2.24, 2.45) is 0 Å². The lowest BCUT2D eigenvalue weighted by molar-refractivity contribution is -0.158. The zero-order valence-corrected chi connectivity index (χ0v) is 18.8. The summed E-state index contributed by atoms with van der Waals surface area (Å²) in [6.07, 6.45) is 0.338. The van der Waals surface area contributed by atoms with Crippen LogP contribution in [0.1, 0.15) is 39.7 Å². The summed E-state index contributed by atoms with van der Waals surface area (Å²) >= 11 is 4.38. The molecule has 0 amide bonds. The quantitative estimate of drug-likeness (QED) is 0.662. The first-order valence-electron chi connectivity index (χ1n) is 8.48. The molecule has 27 heavy (non-hydrogen) atoms. The number of esters is 1. The molecule has 5 nitrogen and oxygen atoms in total. The van der Waals surface area contributed by atoms with Gasteiger partial charge in [-0.25, -0.2) is 13.2 Å². The number of hydrogen-bond donors (Lipinski definition) is 1. The Morgan fingerprint density at radius 2 is 1.81 bits per heavy atom. The van der Waals surface area contributed by atoms with Gasteiger partial charge < -0.3 is 4.74 Å². The van der Waals surface area contributed by atoms with Crippen molar-refractivity contribution >= 4 is 43.3 Å². The van der Waals surface area contributed by atoms with Gasteiger partial charge in [0.1, 0.15) is 15.3 Å². The Labute approximate surface area is 172 Å². The molecule has 1 saturated carbocycles. The lowest BCUT2D eigenvalue weighted by Crippen LogP contribution is -2.50. The molecule has 8 heteroatoms. The zero-order chi connectivity index (χ0) is 20.1. The monoisotopic (exact) mass is 471 g/mol. The summed E-state index contributed by atoms with van der Waals surface area (Å²) in [6, 6.07) is 12.6. The molecule has 1 N–H and O–H groups in total. The van der Waals surface area contributed by atoms with Crippen molar-refractivity contribution in [3.05, 3.63) is 51.8 Å². The molecule has 1 aromatic carbocycles. The van der Waals surface area contributed by atoms with Crippen LogP contribution in [0.3, 0.4) is 0 Å². The molecule has 1 aliphatic rings. The second-order valence-corrected chi connectivity index (χ2v) is 12.3. The van der Waals surface area contributed by atoms with Crippen LogP contribution >= 0.6 is 27.3 Å². The van der Waals surface area contributed by atoms with Crippen LogP contribution in [0.5, 0.6) is 0 Å². The molecule has 1 fully saturated rings. The Hall–Kier alpha value is -1.22. The highest BCUT2D eigenvalue weighted by Crippen LogP contribution is 2.59. The van der Waals surface area contributed by atoms with Gasteiger partial charge in [-0.2, -0.15) is 4.72 Å². The van der Waals surface area contributed by atoms with Crippen molar-refractivity contribution in [2.75, 3.05) is 0 Å². The summed E-state index contributed by atoms with van der Waals surface area (Å²) in [5.41, 5.74) is -1.84. The van der Waals surface area contributed by atoms with Crippen molar-refractivity contribution < 1.29 is 17.9 Å². The standard InChI is InChI=1S/C19H22BrNO4S2/c1-17(2,3)25-16(22)19(12-18(19,4)13-8-6-5-7-9-13)21-27(23,24)15-11-10-14(20)26-15/h5-11,21H,12H2,1-4H3. The molecule has 0 spiro atoms. The number of sulfonamides is 1. The molecule has 146 valence electrons. The zero-order valence-electron chi connectivity index (χ0n) is 15.6. The number of halogens is 1. The first kappa shape index (κ1) is 20.5. The minimum Gasteiger partial charge on any atom is -0.459 e. The molecule has 0 aliphatic heterocycles. The van der Waals surface area contributed by atoms with Crippen molar-refractivity contribution in [1.29, 1.82) is 0 Å². The van der Waals surface area contributed by atoms with E-state index in [1.165, 1.54) is 6.07 Å². The van der Waals surface area contributed by atoms with Gasteiger partial charge in [0.25, 0.3) is 10.0 Å². The minimum atomic E-state index is -3.88. The topological polar surface area (TPSA) is 72.5 Å². The Morgan fingerprint density at radius 3 is 2.33 bits per heavy atom. The molecule has 1 aliphatic carbocycles. The van der Waals surface area contributed by atoms with Crippen molar-refractivity contribution in [1.82, 2.24) is 4.72 Å². The van der Waals surface area contributed by atoms with E-state index in [-0.39, 0.29) is 4.21 Å². The van der Waals surface area contributed by atoms with Crippen LogP contribution in [-0.2, 0) is 25.0 Å². The van der Waals surface area contributed by atoms with E-state index in [0.29, 0.717) is 10.2 Å². The van der Waals surface area contributed by atoms with E-state index in [2.05, 4.69) is 20.7 Å². The third-order valence-corrected chi connectivity index (χ3v) is 8.33. The number of hydrogen-bond acceptors (Lipinski definition) is 5. The maximum atomic E-state index is 13.1. The van der Waals surface area contributed by atoms with E-state index in [0.717, 1.165) is 16.9 Å². The molecule has 2 aromatic rings. The normalized spacial score (nSPS) is 25.2. The van der Waals surface area contributed by atoms with Crippen LogP contribution < -0.4 is 4.72 Å². The molecule has 1 aromatic heterocycles. The van der Waals surface area contributed by atoms with Crippen molar-refractivity contribution in [2.45, 2.75) is 54.9 Å². The van der Waals surface area contributed by atoms with E-state index in [4.69, 9.17) is 4.74 Å². The maximum Gasteiger partial charge on any atom is 0.328 e. The first-order chi connectivity index (χ1) is 12.4. The Kier molecular flexibility index (Phi) is 5.08. The highest BCUT2D eigenvalue weighted by atomic mass is 79.9. The molecule has 0 bridgehead atoms. The predicted octanol–water partition coefficient (Wildman–Crippen LogP) is 4.23. The summed E-state index contributed by atoms with van der Waals surface area (Å²) in [4.78, 5) is 13.1. The van der Waals surface area contributed by atoms with E-state index >= 15 is 0 Å². The summed E-state index contributed by atoms with van der Waals surface area (Å²) in [5, 5.41) is 0. The number of ether oxygens (including phenoxy) is 1. The largest absolute Gasteiger partial charge is 0.459 e. The van der Waals surface area contributed by atoms with Gasteiger partial charge in [0.15, 0.2) is 0 Å². The van der Waals surface area contributed by atoms with Gasteiger partial charge in [-0.05, 0) is 60.8 Å².